The lowest BCUT2D eigenvalue weighted by molar-refractivity contribution is 0.167. The molecule has 11 heteroatoms. The average molecular weight is 428 g/mol. The minimum Gasteiger partial charge on any atom is -0.473 e. The van der Waals surface area contributed by atoms with Crippen molar-refractivity contribution in [3.63, 3.8) is 0 Å². The number of carbonyl (C=O) groups excluding carboxylic acids is 1. The number of ether oxygens (including phenoxy) is 1. The predicted molar refractivity (Wildman–Crippen MR) is 105 cm³/mol. The molecule has 160 valence electrons. The van der Waals surface area contributed by atoms with Crippen molar-refractivity contribution in [3.8, 4) is 5.88 Å². The number of rotatable bonds is 8. The molecule has 0 unspecified atom stereocenters. The minimum absolute atomic E-state index is 0.0219. The molecular weight excluding hydrogens is 401 g/mol. The molecule has 0 radical (unpaired) electrons. The molecule has 29 heavy (non-hydrogen) atoms. The average Bonchev–Trinajstić information content (AvgIpc) is 3.17. The van der Waals surface area contributed by atoms with Crippen molar-refractivity contribution in [2.24, 2.45) is 0 Å². The first-order chi connectivity index (χ1) is 14.0. The van der Waals surface area contributed by atoms with E-state index >= 15 is 0 Å². The van der Waals surface area contributed by atoms with Crippen LogP contribution in [0.2, 0.25) is 0 Å². The summed E-state index contributed by atoms with van der Waals surface area (Å²) in [5.74, 6) is 0.221. The van der Waals surface area contributed by atoms with Crippen molar-refractivity contribution < 1.29 is 22.3 Å². The van der Waals surface area contributed by atoms with Crippen LogP contribution in [0.1, 0.15) is 12.8 Å². The maximum absolute atomic E-state index is 12.9. The lowest BCUT2D eigenvalue weighted by atomic mass is 10.1. The molecule has 3 heterocycles. The SMILES string of the molecule is CNC/C(=C\F)COc1ccc(S(=O)(=O)N2CCC(N3CCNC3=O)CC2)cn1. The maximum Gasteiger partial charge on any atom is 0.317 e. The first kappa shape index (κ1) is 21.5. The van der Waals surface area contributed by atoms with Gasteiger partial charge in [-0.1, -0.05) is 0 Å². The zero-order chi connectivity index (χ0) is 20.9. The second kappa shape index (κ2) is 9.51. The van der Waals surface area contributed by atoms with Crippen LogP contribution in [-0.4, -0.2) is 81.1 Å². The number of carbonyl (C=O) groups is 1. The van der Waals surface area contributed by atoms with E-state index in [-0.39, 0.29) is 29.5 Å². The minimum atomic E-state index is -3.67. The summed E-state index contributed by atoms with van der Waals surface area (Å²) in [6, 6.07) is 2.89. The van der Waals surface area contributed by atoms with E-state index in [0.717, 1.165) is 0 Å². The number of pyridine rings is 1. The normalized spacial score (nSPS) is 19.4. The van der Waals surface area contributed by atoms with E-state index in [4.69, 9.17) is 4.74 Å². The van der Waals surface area contributed by atoms with Crippen LogP contribution in [0.4, 0.5) is 9.18 Å². The molecule has 1 aromatic rings. The van der Waals surface area contributed by atoms with E-state index in [1.54, 1.807) is 11.9 Å². The second-order valence-electron chi connectivity index (χ2n) is 6.98. The summed E-state index contributed by atoms with van der Waals surface area (Å²) >= 11 is 0. The first-order valence-corrected chi connectivity index (χ1v) is 11.0. The Hall–Kier alpha value is -2.24. The predicted octanol–water partition coefficient (Wildman–Crippen LogP) is 0.712. The first-order valence-electron chi connectivity index (χ1n) is 9.52. The van der Waals surface area contributed by atoms with Gasteiger partial charge in [-0.25, -0.2) is 22.6 Å². The molecular formula is C18H26FN5O4S. The highest BCUT2D eigenvalue weighted by atomic mass is 32.2. The van der Waals surface area contributed by atoms with Gasteiger partial charge in [0.05, 0.1) is 12.5 Å². The van der Waals surface area contributed by atoms with Gasteiger partial charge in [0.25, 0.3) is 0 Å². The monoisotopic (exact) mass is 427 g/mol. The molecule has 0 aliphatic carbocycles. The molecule has 0 bridgehead atoms. The standard InChI is InChI=1S/C18H26FN5O4S/c1-20-11-14(10-19)13-28-17-3-2-16(12-22-17)29(26,27)23-7-4-15(5-8-23)24-9-6-21-18(24)25/h2-3,10,12,15,20H,4-9,11,13H2,1H3,(H,21,25)/b14-10+. The third-order valence-electron chi connectivity index (χ3n) is 5.06. The van der Waals surface area contributed by atoms with Crippen molar-refractivity contribution in [1.29, 1.82) is 0 Å². The molecule has 0 atom stereocenters. The second-order valence-corrected chi connectivity index (χ2v) is 8.92. The van der Waals surface area contributed by atoms with Gasteiger partial charge in [0.1, 0.15) is 11.5 Å². The summed E-state index contributed by atoms with van der Waals surface area (Å²) in [5, 5.41) is 5.60. The van der Waals surface area contributed by atoms with Crippen LogP contribution >= 0.6 is 0 Å². The lowest BCUT2D eigenvalue weighted by Gasteiger charge is -2.35. The Kier molecular flexibility index (Phi) is 7.04. The zero-order valence-electron chi connectivity index (χ0n) is 16.3. The van der Waals surface area contributed by atoms with Gasteiger partial charge in [-0.2, -0.15) is 4.31 Å². The summed E-state index contributed by atoms with van der Waals surface area (Å²) in [6.45, 7) is 2.36. The van der Waals surface area contributed by atoms with Gasteiger partial charge in [0.15, 0.2) is 0 Å². The number of likely N-dealkylation sites (N-methyl/N-ethyl adjacent to an activating group) is 1. The highest BCUT2D eigenvalue weighted by Crippen LogP contribution is 2.24. The number of amides is 2. The van der Waals surface area contributed by atoms with E-state index in [9.17, 15) is 17.6 Å². The maximum atomic E-state index is 12.9. The molecule has 0 spiro atoms. The van der Waals surface area contributed by atoms with Gasteiger partial charge in [-0.15, -0.1) is 0 Å². The molecule has 2 N–H and O–H groups in total. The van der Waals surface area contributed by atoms with Crippen molar-refractivity contribution in [2.45, 2.75) is 23.8 Å². The number of hydrogen-bond donors (Lipinski definition) is 2. The van der Waals surface area contributed by atoms with Gasteiger partial charge in [0, 0.05) is 50.4 Å². The fourth-order valence-electron chi connectivity index (χ4n) is 3.50. The van der Waals surface area contributed by atoms with E-state index in [0.29, 0.717) is 57.5 Å². The molecule has 2 amide bonds. The van der Waals surface area contributed by atoms with Gasteiger partial charge >= 0.3 is 6.03 Å². The van der Waals surface area contributed by atoms with Crippen molar-refractivity contribution in [1.82, 2.24) is 24.8 Å². The Labute approximate surface area is 170 Å². The fourth-order valence-corrected chi connectivity index (χ4v) is 4.91. The van der Waals surface area contributed by atoms with E-state index in [1.807, 2.05) is 0 Å². The van der Waals surface area contributed by atoms with Crippen LogP contribution in [0.3, 0.4) is 0 Å². The van der Waals surface area contributed by atoms with Crippen LogP contribution in [0, 0.1) is 0 Å². The topological polar surface area (TPSA) is 104 Å². The molecule has 0 aromatic carbocycles. The van der Waals surface area contributed by atoms with Gasteiger partial charge in [0.2, 0.25) is 15.9 Å². The number of nitrogens with one attached hydrogen (secondary N) is 2. The Bertz CT molecular complexity index is 838. The number of hydrogen-bond acceptors (Lipinski definition) is 6. The van der Waals surface area contributed by atoms with Crippen LogP contribution in [0.25, 0.3) is 0 Å². The van der Waals surface area contributed by atoms with Gasteiger partial charge < -0.3 is 20.3 Å². The Morgan fingerprint density at radius 3 is 2.69 bits per heavy atom. The third kappa shape index (κ3) is 5.03. The van der Waals surface area contributed by atoms with Crippen LogP contribution in [-0.2, 0) is 10.0 Å². The van der Waals surface area contributed by atoms with E-state index in [1.165, 1.54) is 22.6 Å². The summed E-state index contributed by atoms with van der Waals surface area (Å²) < 4.78 is 45.3. The van der Waals surface area contributed by atoms with Crippen LogP contribution in [0.5, 0.6) is 5.88 Å². The Morgan fingerprint density at radius 1 is 1.38 bits per heavy atom. The summed E-state index contributed by atoms with van der Waals surface area (Å²) in [6.07, 6.45) is 2.93. The summed E-state index contributed by atoms with van der Waals surface area (Å²) in [4.78, 5) is 17.7. The quantitative estimate of drug-likeness (QED) is 0.633. The highest BCUT2D eigenvalue weighted by molar-refractivity contribution is 7.89. The largest absolute Gasteiger partial charge is 0.473 e. The number of aromatic nitrogens is 1. The van der Waals surface area contributed by atoms with Crippen molar-refractivity contribution >= 4 is 16.1 Å². The molecule has 9 nitrogen and oxygen atoms in total. The van der Waals surface area contributed by atoms with Crippen molar-refractivity contribution in [2.75, 3.05) is 46.4 Å². The molecule has 0 saturated carbocycles. The summed E-state index contributed by atoms with van der Waals surface area (Å²) in [7, 11) is -1.97. The van der Waals surface area contributed by atoms with Crippen LogP contribution < -0.4 is 15.4 Å². The Morgan fingerprint density at radius 2 is 2.14 bits per heavy atom. The highest BCUT2D eigenvalue weighted by Gasteiger charge is 2.34. The van der Waals surface area contributed by atoms with Gasteiger partial charge in [-0.3, -0.25) is 0 Å². The molecule has 1 aromatic heterocycles. The molecule has 2 aliphatic heterocycles. The summed E-state index contributed by atoms with van der Waals surface area (Å²) in [5.41, 5.74) is 0.417. The molecule has 3 rings (SSSR count). The lowest BCUT2D eigenvalue weighted by Crippen LogP contribution is -2.47. The van der Waals surface area contributed by atoms with E-state index in [2.05, 4.69) is 15.6 Å². The van der Waals surface area contributed by atoms with Crippen LogP contribution in [0.15, 0.2) is 35.1 Å². The number of piperidine rings is 1. The zero-order valence-corrected chi connectivity index (χ0v) is 17.1. The number of nitrogens with zero attached hydrogens (tertiary/aromatic N) is 3. The van der Waals surface area contributed by atoms with E-state index < -0.39 is 10.0 Å². The Balaban J connectivity index is 1.57. The molecule has 2 aliphatic rings. The third-order valence-corrected chi connectivity index (χ3v) is 6.95. The van der Waals surface area contributed by atoms with Gasteiger partial charge in [-0.05, 0) is 26.0 Å². The number of halogens is 1. The smallest absolute Gasteiger partial charge is 0.317 e. The molecule has 2 fully saturated rings. The number of urea groups is 1. The molecule has 2 saturated heterocycles. The van der Waals surface area contributed by atoms with Crippen molar-refractivity contribution in [3.05, 3.63) is 30.2 Å². The number of sulfonamides is 1. The fraction of sp³-hybridized carbons (Fsp3) is 0.556.